The van der Waals surface area contributed by atoms with Gasteiger partial charge in [0.1, 0.15) is 6.29 Å². The molecular weight excluding hydrogens is 176 g/mol. The Labute approximate surface area is 87.1 Å². The summed E-state index contributed by atoms with van der Waals surface area (Å²) in [6, 6.07) is 0. The zero-order chi connectivity index (χ0) is 10.6. The predicted molar refractivity (Wildman–Crippen MR) is 58.4 cm³/mol. The van der Waals surface area contributed by atoms with Gasteiger partial charge in [0.2, 0.25) is 0 Å². The highest BCUT2D eigenvalue weighted by Crippen LogP contribution is 2.36. The quantitative estimate of drug-likeness (QED) is 0.595. The van der Waals surface area contributed by atoms with Crippen LogP contribution >= 0.6 is 0 Å². The Kier molecular flexibility index (Phi) is 4.08. The summed E-state index contributed by atoms with van der Waals surface area (Å²) < 4.78 is 0. The lowest BCUT2D eigenvalue weighted by molar-refractivity contribution is -0.108. The lowest BCUT2D eigenvalue weighted by Gasteiger charge is -2.49. The number of likely N-dealkylation sites (N-methyl/N-ethyl adjacent to an activating group) is 2. The van der Waals surface area contributed by atoms with Gasteiger partial charge in [-0.2, -0.15) is 0 Å². The molecule has 0 aromatic carbocycles. The van der Waals surface area contributed by atoms with Gasteiger partial charge in [-0.1, -0.05) is 0 Å². The molecule has 1 saturated carbocycles. The third-order valence-electron chi connectivity index (χ3n) is 3.43. The second kappa shape index (κ2) is 4.89. The van der Waals surface area contributed by atoms with Gasteiger partial charge in [-0.05, 0) is 40.4 Å². The maximum Gasteiger partial charge on any atom is 0.121 e. The molecule has 1 aliphatic carbocycles. The molecule has 0 saturated heterocycles. The fourth-order valence-electron chi connectivity index (χ4n) is 2.19. The van der Waals surface area contributed by atoms with E-state index in [9.17, 15) is 4.79 Å². The number of aldehydes is 1. The average Bonchev–Trinajstić information content (AvgIpc) is 2.07. The van der Waals surface area contributed by atoms with Crippen molar-refractivity contribution in [2.24, 2.45) is 0 Å². The molecule has 3 heteroatoms. The Morgan fingerprint density at radius 1 is 1.29 bits per heavy atom. The molecule has 0 amide bonds. The van der Waals surface area contributed by atoms with E-state index in [2.05, 4.69) is 30.9 Å². The number of carbonyl (C=O) groups excluding carboxylic acids is 1. The van der Waals surface area contributed by atoms with Gasteiger partial charge < -0.3 is 14.6 Å². The summed E-state index contributed by atoms with van der Waals surface area (Å²) in [4.78, 5) is 14.9. The molecular formula is C11H22N2O. The van der Waals surface area contributed by atoms with Crippen molar-refractivity contribution in [3.63, 3.8) is 0 Å². The van der Waals surface area contributed by atoms with E-state index in [1.54, 1.807) is 0 Å². The summed E-state index contributed by atoms with van der Waals surface area (Å²) in [6.07, 6.45) is 5.59. The largest absolute Gasteiger partial charge is 0.304 e. The Morgan fingerprint density at radius 3 is 2.29 bits per heavy atom. The topological polar surface area (TPSA) is 23.6 Å². The minimum atomic E-state index is 0.387. The van der Waals surface area contributed by atoms with Gasteiger partial charge >= 0.3 is 0 Å². The highest BCUT2D eigenvalue weighted by Gasteiger charge is 2.39. The van der Waals surface area contributed by atoms with Crippen LogP contribution in [0.1, 0.15) is 25.7 Å². The average molecular weight is 198 g/mol. The first-order valence-electron chi connectivity index (χ1n) is 5.40. The fourth-order valence-corrected chi connectivity index (χ4v) is 2.19. The highest BCUT2D eigenvalue weighted by atomic mass is 16.1. The normalized spacial score (nSPS) is 19.8. The molecule has 1 fully saturated rings. The van der Waals surface area contributed by atoms with Crippen LogP contribution in [-0.2, 0) is 4.79 Å². The fraction of sp³-hybridized carbons (Fsp3) is 0.909. The van der Waals surface area contributed by atoms with Gasteiger partial charge in [0.05, 0.1) is 0 Å². The van der Waals surface area contributed by atoms with Crippen molar-refractivity contribution in [3.8, 4) is 0 Å². The lowest BCUT2D eigenvalue weighted by atomic mass is 9.75. The molecule has 0 N–H and O–H groups in total. The van der Waals surface area contributed by atoms with E-state index in [0.717, 1.165) is 19.4 Å². The zero-order valence-electron chi connectivity index (χ0n) is 9.62. The molecule has 0 bridgehead atoms. The van der Waals surface area contributed by atoms with Crippen molar-refractivity contribution >= 4 is 6.29 Å². The van der Waals surface area contributed by atoms with E-state index in [-0.39, 0.29) is 0 Å². The molecule has 0 radical (unpaired) electrons. The van der Waals surface area contributed by atoms with E-state index in [1.165, 1.54) is 19.3 Å². The van der Waals surface area contributed by atoms with Crippen LogP contribution in [-0.4, -0.2) is 55.9 Å². The highest BCUT2D eigenvalue weighted by molar-refractivity contribution is 5.49. The van der Waals surface area contributed by atoms with Crippen LogP contribution in [0.2, 0.25) is 0 Å². The van der Waals surface area contributed by atoms with Crippen LogP contribution in [0.25, 0.3) is 0 Å². The van der Waals surface area contributed by atoms with Gasteiger partial charge in [-0.15, -0.1) is 0 Å². The molecule has 3 nitrogen and oxygen atoms in total. The first kappa shape index (κ1) is 11.7. The Hall–Kier alpha value is -0.410. The second-order valence-electron chi connectivity index (χ2n) is 4.67. The Morgan fingerprint density at radius 2 is 1.93 bits per heavy atom. The first-order chi connectivity index (χ1) is 6.60. The van der Waals surface area contributed by atoms with Gasteiger partial charge in [-0.3, -0.25) is 0 Å². The summed E-state index contributed by atoms with van der Waals surface area (Å²) in [7, 11) is 6.42. The Balaban J connectivity index is 2.36. The van der Waals surface area contributed by atoms with Crippen molar-refractivity contribution in [1.29, 1.82) is 0 Å². The van der Waals surface area contributed by atoms with Crippen molar-refractivity contribution < 1.29 is 4.79 Å². The van der Waals surface area contributed by atoms with E-state index in [1.807, 2.05) is 0 Å². The number of nitrogens with zero attached hydrogens (tertiary/aromatic N) is 2. The third-order valence-corrected chi connectivity index (χ3v) is 3.43. The maximum absolute atomic E-state index is 10.3. The summed E-state index contributed by atoms with van der Waals surface area (Å²) >= 11 is 0. The van der Waals surface area contributed by atoms with Crippen LogP contribution in [0.4, 0.5) is 0 Å². The molecule has 0 unspecified atom stereocenters. The van der Waals surface area contributed by atoms with Crippen molar-refractivity contribution in [2.75, 3.05) is 34.2 Å². The third kappa shape index (κ3) is 2.55. The van der Waals surface area contributed by atoms with Crippen molar-refractivity contribution in [2.45, 2.75) is 31.2 Å². The van der Waals surface area contributed by atoms with Gasteiger partial charge in [0, 0.05) is 25.0 Å². The van der Waals surface area contributed by atoms with E-state index < -0.39 is 0 Å². The summed E-state index contributed by atoms with van der Waals surface area (Å²) in [5.41, 5.74) is 0.387. The predicted octanol–water partition coefficient (Wildman–Crippen LogP) is 0.991. The summed E-state index contributed by atoms with van der Waals surface area (Å²) in [5.74, 6) is 0. The van der Waals surface area contributed by atoms with Gasteiger partial charge in [0.15, 0.2) is 0 Å². The number of carbonyl (C=O) groups is 1. The van der Waals surface area contributed by atoms with E-state index in [0.29, 0.717) is 12.0 Å². The summed E-state index contributed by atoms with van der Waals surface area (Å²) in [5, 5.41) is 0. The van der Waals surface area contributed by atoms with E-state index in [4.69, 9.17) is 0 Å². The van der Waals surface area contributed by atoms with Crippen LogP contribution in [0.5, 0.6) is 0 Å². The second-order valence-corrected chi connectivity index (χ2v) is 4.67. The molecule has 0 heterocycles. The molecule has 0 aromatic heterocycles. The molecule has 0 atom stereocenters. The van der Waals surface area contributed by atoms with Crippen LogP contribution < -0.4 is 0 Å². The molecule has 0 aliphatic heterocycles. The maximum atomic E-state index is 10.3. The number of rotatable bonds is 6. The number of hydrogen-bond donors (Lipinski definition) is 0. The lowest BCUT2D eigenvalue weighted by Crippen LogP contribution is -2.56. The molecule has 14 heavy (non-hydrogen) atoms. The minimum Gasteiger partial charge on any atom is -0.304 e. The Bertz CT molecular complexity index is 188. The standard InChI is InChI=1S/C11H22N2O/c1-12(2)11(6-4-7-11)10-13(3)8-5-9-14/h9H,4-8,10H2,1-3H3. The number of hydrogen-bond acceptors (Lipinski definition) is 3. The van der Waals surface area contributed by atoms with Crippen molar-refractivity contribution in [3.05, 3.63) is 0 Å². The zero-order valence-corrected chi connectivity index (χ0v) is 9.62. The van der Waals surface area contributed by atoms with Crippen LogP contribution in [0.15, 0.2) is 0 Å². The van der Waals surface area contributed by atoms with Gasteiger partial charge in [0.25, 0.3) is 0 Å². The van der Waals surface area contributed by atoms with Gasteiger partial charge in [-0.25, -0.2) is 0 Å². The molecule has 1 rings (SSSR count). The van der Waals surface area contributed by atoms with E-state index >= 15 is 0 Å². The minimum absolute atomic E-state index is 0.387. The smallest absolute Gasteiger partial charge is 0.121 e. The molecule has 0 aromatic rings. The van der Waals surface area contributed by atoms with Crippen molar-refractivity contribution in [1.82, 2.24) is 9.80 Å². The first-order valence-corrected chi connectivity index (χ1v) is 5.40. The molecule has 0 spiro atoms. The van der Waals surface area contributed by atoms with Crippen LogP contribution in [0, 0.1) is 0 Å². The molecule has 82 valence electrons. The SMILES string of the molecule is CN(CCC=O)CC1(N(C)C)CCC1. The summed E-state index contributed by atoms with van der Waals surface area (Å²) in [6.45, 7) is 1.98. The molecule has 1 aliphatic rings. The monoisotopic (exact) mass is 198 g/mol. The van der Waals surface area contributed by atoms with Crippen LogP contribution in [0.3, 0.4) is 0 Å².